The Hall–Kier alpha value is -4.26. The van der Waals surface area contributed by atoms with Crippen LogP contribution in [0.15, 0.2) is 78.9 Å². The van der Waals surface area contributed by atoms with Crippen LogP contribution >= 0.6 is 0 Å². The fourth-order valence-electron chi connectivity index (χ4n) is 6.98. The van der Waals surface area contributed by atoms with Crippen LogP contribution in [0.25, 0.3) is 0 Å². The highest BCUT2D eigenvalue weighted by molar-refractivity contribution is 6.10. The standard InChI is InChI=1S/C33H32N2O5/c1-18(2)30(33(39)40-17-25(36)34-19(3)20-11-5-4-6-12-20)35-31(37)28-26-21-13-7-8-14-22(21)27(29(28)32(35)38)24-16-10-9-15-23(24)26/h4-16,18-19,26-30H,17H2,1-3H3,(H,34,36)/t19-,26?,27?,28+,29+,30-/m0/s1. The molecule has 204 valence electrons. The topological polar surface area (TPSA) is 92.8 Å². The third-order valence-corrected chi connectivity index (χ3v) is 8.66. The smallest absolute Gasteiger partial charge is 0.330 e. The normalized spacial score (nSPS) is 23.8. The molecule has 1 aliphatic heterocycles. The van der Waals surface area contributed by atoms with Crippen molar-refractivity contribution in [3.8, 4) is 0 Å². The monoisotopic (exact) mass is 536 g/mol. The molecule has 0 unspecified atom stereocenters. The quantitative estimate of drug-likeness (QED) is 0.359. The largest absolute Gasteiger partial charge is 0.454 e. The highest BCUT2D eigenvalue weighted by Gasteiger charge is 2.63. The lowest BCUT2D eigenvalue weighted by atomic mass is 9.55. The van der Waals surface area contributed by atoms with E-state index in [1.807, 2.05) is 85.8 Å². The molecule has 1 heterocycles. The third kappa shape index (κ3) is 4.03. The number of ether oxygens (including phenoxy) is 1. The summed E-state index contributed by atoms with van der Waals surface area (Å²) in [6.45, 7) is 4.91. The molecule has 4 atom stereocenters. The van der Waals surface area contributed by atoms with Gasteiger partial charge in [-0.05, 0) is 40.7 Å². The lowest BCUT2D eigenvalue weighted by molar-refractivity contribution is -0.162. The fourth-order valence-corrected chi connectivity index (χ4v) is 6.98. The molecule has 40 heavy (non-hydrogen) atoms. The molecule has 3 aliphatic carbocycles. The number of amides is 3. The minimum atomic E-state index is -1.12. The fraction of sp³-hybridized carbons (Fsp3) is 0.333. The van der Waals surface area contributed by atoms with Gasteiger partial charge in [-0.25, -0.2) is 4.79 Å². The number of esters is 1. The number of hydrogen-bond donors (Lipinski definition) is 1. The predicted molar refractivity (Wildman–Crippen MR) is 148 cm³/mol. The zero-order valence-corrected chi connectivity index (χ0v) is 22.7. The van der Waals surface area contributed by atoms with Crippen LogP contribution < -0.4 is 5.32 Å². The summed E-state index contributed by atoms with van der Waals surface area (Å²) in [5.41, 5.74) is 5.22. The van der Waals surface area contributed by atoms with Crippen molar-refractivity contribution in [3.63, 3.8) is 0 Å². The molecule has 4 aliphatic rings. The van der Waals surface area contributed by atoms with Gasteiger partial charge in [0.15, 0.2) is 6.61 Å². The van der Waals surface area contributed by atoms with Crippen molar-refractivity contribution in [1.29, 1.82) is 0 Å². The first-order valence-corrected chi connectivity index (χ1v) is 13.8. The van der Waals surface area contributed by atoms with Crippen LogP contribution in [0.4, 0.5) is 0 Å². The molecule has 2 bridgehead atoms. The van der Waals surface area contributed by atoms with Crippen molar-refractivity contribution < 1.29 is 23.9 Å². The van der Waals surface area contributed by atoms with Crippen LogP contribution in [0.3, 0.4) is 0 Å². The summed E-state index contributed by atoms with van der Waals surface area (Å²) in [6, 6.07) is 24.1. The molecule has 7 nitrogen and oxygen atoms in total. The predicted octanol–water partition coefficient (Wildman–Crippen LogP) is 4.32. The zero-order valence-electron chi connectivity index (χ0n) is 22.7. The average Bonchev–Trinajstić information content (AvgIpc) is 3.22. The molecule has 0 radical (unpaired) electrons. The number of carbonyl (C=O) groups excluding carboxylic acids is 4. The Kier molecular flexibility index (Phi) is 6.53. The summed E-state index contributed by atoms with van der Waals surface area (Å²) in [6.07, 6.45) is 0. The molecule has 1 fully saturated rings. The SMILES string of the molecule is CC(C)[C@@H](C(=O)OCC(=O)N[C@@H](C)c1ccccc1)N1C(=O)[C@@H]2C3c4ccccc4C(c4ccccc43)[C@H]2C1=O. The Morgan fingerprint density at radius 3 is 1.65 bits per heavy atom. The van der Waals surface area contributed by atoms with Crippen molar-refractivity contribution in [3.05, 3.63) is 107 Å². The third-order valence-electron chi connectivity index (χ3n) is 8.66. The Balaban J connectivity index is 1.24. The summed E-state index contributed by atoms with van der Waals surface area (Å²) >= 11 is 0. The van der Waals surface area contributed by atoms with Gasteiger partial charge < -0.3 is 10.1 Å². The molecule has 0 saturated carbocycles. The van der Waals surface area contributed by atoms with E-state index in [2.05, 4.69) is 5.32 Å². The van der Waals surface area contributed by atoms with E-state index in [9.17, 15) is 19.2 Å². The second-order valence-electron chi connectivity index (χ2n) is 11.3. The first-order valence-electron chi connectivity index (χ1n) is 13.8. The van der Waals surface area contributed by atoms with E-state index in [0.29, 0.717) is 0 Å². The first-order chi connectivity index (χ1) is 19.3. The molecule has 3 aromatic rings. The Labute approximate surface area is 233 Å². The lowest BCUT2D eigenvalue weighted by Crippen LogP contribution is -2.50. The molecule has 0 aromatic heterocycles. The van der Waals surface area contributed by atoms with Gasteiger partial charge in [-0.1, -0.05) is 92.7 Å². The maximum atomic E-state index is 14.1. The van der Waals surface area contributed by atoms with Gasteiger partial charge >= 0.3 is 5.97 Å². The van der Waals surface area contributed by atoms with E-state index in [4.69, 9.17) is 4.74 Å². The molecule has 7 rings (SSSR count). The number of nitrogens with zero attached hydrogens (tertiary/aromatic N) is 1. The number of imide groups is 1. The molecule has 1 N–H and O–H groups in total. The Bertz CT molecular complexity index is 1380. The van der Waals surface area contributed by atoms with E-state index in [1.165, 1.54) is 0 Å². The van der Waals surface area contributed by atoms with Crippen LogP contribution in [0.2, 0.25) is 0 Å². The van der Waals surface area contributed by atoms with Crippen molar-refractivity contribution >= 4 is 23.7 Å². The van der Waals surface area contributed by atoms with Gasteiger partial charge in [0.1, 0.15) is 6.04 Å². The van der Waals surface area contributed by atoms with E-state index in [1.54, 1.807) is 13.8 Å². The second kappa shape index (κ2) is 10.0. The van der Waals surface area contributed by atoms with Gasteiger partial charge in [-0.3, -0.25) is 19.3 Å². The summed E-state index contributed by atoms with van der Waals surface area (Å²) < 4.78 is 5.42. The Morgan fingerprint density at radius 1 is 0.750 bits per heavy atom. The molecule has 3 amide bonds. The number of rotatable bonds is 7. The van der Waals surface area contributed by atoms with Gasteiger partial charge in [0.05, 0.1) is 17.9 Å². The van der Waals surface area contributed by atoms with E-state index < -0.39 is 42.3 Å². The highest BCUT2D eigenvalue weighted by atomic mass is 16.5. The zero-order chi connectivity index (χ0) is 28.1. The summed E-state index contributed by atoms with van der Waals surface area (Å²) in [5, 5.41) is 2.82. The average molecular weight is 537 g/mol. The minimum Gasteiger partial charge on any atom is -0.454 e. The van der Waals surface area contributed by atoms with E-state index >= 15 is 0 Å². The minimum absolute atomic E-state index is 0.252. The van der Waals surface area contributed by atoms with Crippen LogP contribution in [0.5, 0.6) is 0 Å². The highest BCUT2D eigenvalue weighted by Crippen LogP contribution is 2.61. The van der Waals surface area contributed by atoms with Crippen molar-refractivity contribution in [2.45, 2.75) is 44.7 Å². The van der Waals surface area contributed by atoms with Crippen molar-refractivity contribution in [2.75, 3.05) is 6.61 Å². The second-order valence-corrected chi connectivity index (χ2v) is 11.3. The maximum absolute atomic E-state index is 14.1. The summed E-state index contributed by atoms with van der Waals surface area (Å²) in [5.74, 6) is -3.94. The van der Waals surface area contributed by atoms with Gasteiger partial charge in [-0.15, -0.1) is 0 Å². The van der Waals surface area contributed by atoms with Crippen LogP contribution in [0, 0.1) is 17.8 Å². The van der Waals surface area contributed by atoms with E-state index in [-0.39, 0.29) is 29.7 Å². The summed E-state index contributed by atoms with van der Waals surface area (Å²) in [4.78, 5) is 55.3. The summed E-state index contributed by atoms with van der Waals surface area (Å²) in [7, 11) is 0. The molecule has 1 saturated heterocycles. The molecular weight excluding hydrogens is 504 g/mol. The van der Waals surface area contributed by atoms with Crippen molar-refractivity contribution in [2.24, 2.45) is 17.8 Å². The van der Waals surface area contributed by atoms with Gasteiger partial charge in [0.25, 0.3) is 5.91 Å². The van der Waals surface area contributed by atoms with Crippen LogP contribution in [0.1, 0.15) is 66.5 Å². The number of carbonyl (C=O) groups is 4. The molecular formula is C33H32N2O5. The van der Waals surface area contributed by atoms with Crippen LogP contribution in [-0.2, 0) is 23.9 Å². The number of hydrogen-bond acceptors (Lipinski definition) is 5. The maximum Gasteiger partial charge on any atom is 0.330 e. The van der Waals surface area contributed by atoms with Crippen LogP contribution in [-0.4, -0.2) is 41.2 Å². The van der Waals surface area contributed by atoms with Crippen molar-refractivity contribution in [1.82, 2.24) is 10.2 Å². The lowest BCUT2D eigenvalue weighted by Gasteiger charge is -2.45. The Morgan fingerprint density at radius 2 is 1.20 bits per heavy atom. The molecule has 7 heteroatoms. The first kappa shape index (κ1) is 26.0. The van der Waals surface area contributed by atoms with E-state index in [0.717, 1.165) is 32.7 Å². The van der Waals surface area contributed by atoms with Gasteiger partial charge in [0, 0.05) is 11.8 Å². The number of benzene rings is 3. The molecule has 3 aromatic carbocycles. The van der Waals surface area contributed by atoms with Gasteiger partial charge in [0.2, 0.25) is 11.8 Å². The number of likely N-dealkylation sites (tertiary alicyclic amines) is 1. The molecule has 0 spiro atoms. The van der Waals surface area contributed by atoms with Gasteiger partial charge in [-0.2, -0.15) is 0 Å². The number of nitrogens with one attached hydrogen (secondary N) is 1.